The Morgan fingerprint density at radius 2 is 1.83 bits per heavy atom. The smallest absolute Gasteiger partial charge is 0.326 e. The minimum absolute atomic E-state index is 0.322. The molecule has 0 bridgehead atoms. The van der Waals surface area contributed by atoms with Crippen molar-refractivity contribution in [2.75, 3.05) is 19.0 Å². The van der Waals surface area contributed by atoms with Gasteiger partial charge in [0.1, 0.15) is 12.3 Å². The number of anilines is 1. The third-order valence-electron chi connectivity index (χ3n) is 5.32. The van der Waals surface area contributed by atoms with Crippen molar-refractivity contribution in [2.45, 2.75) is 38.7 Å². The lowest BCUT2D eigenvalue weighted by Crippen LogP contribution is -2.39. The first-order valence-electron chi connectivity index (χ1n) is 9.51. The summed E-state index contributed by atoms with van der Waals surface area (Å²) in [5.41, 5.74) is 0.335. The molecule has 29 heavy (non-hydrogen) atoms. The van der Waals surface area contributed by atoms with Crippen LogP contribution in [-0.2, 0) is 23.9 Å². The molecule has 2 fully saturated rings. The van der Waals surface area contributed by atoms with Gasteiger partial charge in [-0.2, -0.15) is 0 Å². The Morgan fingerprint density at radius 3 is 2.41 bits per heavy atom. The Labute approximate surface area is 173 Å². The van der Waals surface area contributed by atoms with Crippen molar-refractivity contribution in [1.29, 1.82) is 0 Å². The van der Waals surface area contributed by atoms with E-state index >= 15 is 0 Å². The van der Waals surface area contributed by atoms with Crippen LogP contribution in [-0.4, -0.2) is 48.3 Å². The average molecular weight is 423 g/mol. The number of esters is 1. The molecule has 3 amide bonds. The Morgan fingerprint density at radius 1 is 1.21 bits per heavy atom. The molecule has 3 rings (SSSR count). The number of hydrogen-bond donors (Lipinski definition) is 1. The average Bonchev–Trinajstić information content (AvgIpc) is 2.93. The summed E-state index contributed by atoms with van der Waals surface area (Å²) in [6.07, 6.45) is 2.01. The highest BCUT2D eigenvalue weighted by Gasteiger charge is 2.48. The van der Waals surface area contributed by atoms with Crippen molar-refractivity contribution in [3.63, 3.8) is 0 Å². The summed E-state index contributed by atoms with van der Waals surface area (Å²) in [5, 5.41) is 2.99. The molecular weight excluding hydrogens is 400 g/mol. The van der Waals surface area contributed by atoms with Crippen LogP contribution in [0.5, 0.6) is 5.75 Å². The molecule has 0 radical (unpaired) electrons. The van der Waals surface area contributed by atoms with Gasteiger partial charge in [0.25, 0.3) is 5.91 Å². The molecule has 9 heteroatoms. The number of likely N-dealkylation sites (tertiary alicyclic amines) is 1. The van der Waals surface area contributed by atoms with Crippen LogP contribution in [0.2, 0.25) is 5.02 Å². The first-order valence-corrected chi connectivity index (χ1v) is 9.88. The van der Waals surface area contributed by atoms with Crippen LogP contribution in [0.15, 0.2) is 18.2 Å². The lowest BCUT2D eigenvalue weighted by Gasteiger charge is -2.19. The number of nitrogens with one attached hydrogen (secondary N) is 1. The highest BCUT2D eigenvalue weighted by molar-refractivity contribution is 6.31. The second-order valence-corrected chi connectivity index (χ2v) is 7.66. The number of nitrogens with zero attached hydrogens (tertiary/aromatic N) is 1. The van der Waals surface area contributed by atoms with Crippen LogP contribution in [0.25, 0.3) is 0 Å². The van der Waals surface area contributed by atoms with Gasteiger partial charge in [0.2, 0.25) is 11.8 Å². The van der Waals surface area contributed by atoms with Crippen LogP contribution < -0.4 is 10.1 Å². The summed E-state index contributed by atoms with van der Waals surface area (Å²) in [6, 6.07) is 4.72. The summed E-state index contributed by atoms with van der Waals surface area (Å²) >= 11 is 5.93. The molecule has 0 aromatic heterocycles. The first-order chi connectivity index (χ1) is 13.8. The third-order valence-corrected chi connectivity index (χ3v) is 5.55. The Hall–Kier alpha value is -2.61. The fraction of sp³-hybridized carbons (Fsp3) is 0.500. The second-order valence-electron chi connectivity index (χ2n) is 7.23. The van der Waals surface area contributed by atoms with Crippen molar-refractivity contribution >= 4 is 41.0 Å². The second kappa shape index (κ2) is 8.82. The lowest BCUT2D eigenvalue weighted by molar-refractivity contribution is -0.158. The molecule has 156 valence electrons. The van der Waals surface area contributed by atoms with Crippen molar-refractivity contribution in [3.8, 4) is 5.75 Å². The summed E-state index contributed by atoms with van der Waals surface area (Å²) in [6.45, 7) is 0.917. The van der Waals surface area contributed by atoms with Gasteiger partial charge in [0.15, 0.2) is 6.10 Å². The van der Waals surface area contributed by atoms with E-state index in [1.54, 1.807) is 12.1 Å². The number of amides is 3. The number of hydrogen-bond acceptors (Lipinski definition) is 6. The number of benzene rings is 1. The van der Waals surface area contributed by atoms with Crippen molar-refractivity contribution in [2.24, 2.45) is 11.8 Å². The molecule has 1 saturated carbocycles. The number of carbonyl (C=O) groups is 4. The predicted molar refractivity (Wildman–Crippen MR) is 104 cm³/mol. The van der Waals surface area contributed by atoms with E-state index in [-0.39, 0.29) is 23.7 Å². The van der Waals surface area contributed by atoms with Gasteiger partial charge >= 0.3 is 5.97 Å². The van der Waals surface area contributed by atoms with Crippen molar-refractivity contribution in [3.05, 3.63) is 23.2 Å². The van der Waals surface area contributed by atoms with Crippen LogP contribution in [0, 0.1) is 11.8 Å². The number of methoxy groups -OCH3 is 1. The quantitative estimate of drug-likeness (QED) is 0.558. The zero-order valence-corrected chi connectivity index (χ0v) is 17.0. The molecular formula is C20H23ClN2O6. The largest absolute Gasteiger partial charge is 0.495 e. The van der Waals surface area contributed by atoms with Crippen LogP contribution in [0.4, 0.5) is 5.69 Å². The molecule has 1 heterocycles. The number of carbonyl (C=O) groups excluding carboxylic acids is 4. The van der Waals surface area contributed by atoms with E-state index in [0.29, 0.717) is 29.3 Å². The van der Waals surface area contributed by atoms with Gasteiger partial charge in [-0.1, -0.05) is 24.4 Å². The standard InChI is InChI=1S/C20H23ClN2O6/c1-11(18(25)22-15-9-12(21)7-8-16(15)28-2)29-17(24)10-23-19(26)13-5-3-4-6-14(13)20(23)27/h7-9,11,13-14H,3-6,10H2,1-2H3,(H,22,25)/t11-,13-,14+/m0/s1. The molecule has 0 spiro atoms. The highest BCUT2D eigenvalue weighted by atomic mass is 35.5. The summed E-state index contributed by atoms with van der Waals surface area (Å²) in [5.74, 6) is -2.31. The van der Waals surface area contributed by atoms with E-state index in [1.165, 1.54) is 20.1 Å². The van der Waals surface area contributed by atoms with E-state index in [9.17, 15) is 19.2 Å². The Kier molecular flexibility index (Phi) is 6.42. The van der Waals surface area contributed by atoms with E-state index in [0.717, 1.165) is 17.7 Å². The molecule has 8 nitrogen and oxygen atoms in total. The molecule has 0 unspecified atom stereocenters. The van der Waals surface area contributed by atoms with Crippen LogP contribution in [0.3, 0.4) is 0 Å². The van der Waals surface area contributed by atoms with Crippen LogP contribution in [0.1, 0.15) is 32.6 Å². The Balaban J connectivity index is 1.58. The lowest BCUT2D eigenvalue weighted by atomic mass is 9.81. The third kappa shape index (κ3) is 4.53. The predicted octanol–water partition coefficient (Wildman–Crippen LogP) is 2.39. The molecule has 1 aliphatic carbocycles. The van der Waals surface area contributed by atoms with Crippen molar-refractivity contribution < 1.29 is 28.7 Å². The number of imide groups is 1. The van der Waals surface area contributed by atoms with Crippen molar-refractivity contribution in [1.82, 2.24) is 4.90 Å². The maximum absolute atomic E-state index is 12.4. The minimum atomic E-state index is -1.14. The van der Waals surface area contributed by atoms with Crippen LogP contribution >= 0.6 is 11.6 Å². The normalized spacial score (nSPS) is 22.1. The molecule has 1 saturated heterocycles. The van der Waals surface area contributed by atoms with Gasteiger partial charge in [0.05, 0.1) is 24.6 Å². The molecule has 1 N–H and O–H groups in total. The summed E-state index contributed by atoms with van der Waals surface area (Å²) in [4.78, 5) is 50.5. The first kappa shape index (κ1) is 21.1. The molecule has 1 aromatic rings. The van der Waals surface area contributed by atoms with E-state index in [2.05, 4.69) is 5.32 Å². The molecule has 3 atom stereocenters. The van der Waals surface area contributed by atoms with Gasteiger partial charge in [-0.15, -0.1) is 0 Å². The van der Waals surface area contributed by atoms with E-state index < -0.39 is 24.5 Å². The molecule has 1 aromatic carbocycles. The van der Waals surface area contributed by atoms with Gasteiger partial charge in [-0.3, -0.25) is 24.1 Å². The minimum Gasteiger partial charge on any atom is -0.495 e. The maximum Gasteiger partial charge on any atom is 0.326 e. The van der Waals surface area contributed by atoms with E-state index in [4.69, 9.17) is 21.1 Å². The van der Waals surface area contributed by atoms with Gasteiger partial charge in [-0.25, -0.2) is 0 Å². The molecule has 1 aliphatic heterocycles. The summed E-state index contributed by atoms with van der Waals surface area (Å²) < 4.78 is 10.3. The Bertz CT molecular complexity index is 818. The zero-order valence-electron chi connectivity index (χ0n) is 16.3. The van der Waals surface area contributed by atoms with Gasteiger partial charge in [0, 0.05) is 5.02 Å². The maximum atomic E-state index is 12.4. The number of halogens is 1. The monoisotopic (exact) mass is 422 g/mol. The number of fused-ring (bicyclic) bond motifs is 1. The topological polar surface area (TPSA) is 102 Å². The fourth-order valence-electron chi connectivity index (χ4n) is 3.82. The number of rotatable bonds is 6. The fourth-order valence-corrected chi connectivity index (χ4v) is 3.99. The van der Waals surface area contributed by atoms with Gasteiger partial charge < -0.3 is 14.8 Å². The number of ether oxygens (including phenoxy) is 2. The highest BCUT2D eigenvalue weighted by Crippen LogP contribution is 2.37. The van der Waals surface area contributed by atoms with E-state index in [1.807, 2.05) is 0 Å². The molecule has 2 aliphatic rings. The summed E-state index contributed by atoms with van der Waals surface area (Å²) in [7, 11) is 1.45. The van der Waals surface area contributed by atoms with Gasteiger partial charge in [-0.05, 0) is 38.0 Å². The SMILES string of the molecule is COc1ccc(Cl)cc1NC(=O)[C@H](C)OC(=O)CN1C(=O)[C@H]2CCCC[C@H]2C1=O. The zero-order chi connectivity index (χ0) is 21.1.